The number of carbonyl (C=O) groups is 2. The molecule has 6 rings (SSSR count). The quantitative estimate of drug-likeness (QED) is 0.363. The zero-order valence-corrected chi connectivity index (χ0v) is 20.5. The summed E-state index contributed by atoms with van der Waals surface area (Å²) in [6.45, 7) is 2.57. The normalized spacial score (nSPS) is 16.7. The first-order chi connectivity index (χ1) is 17.1. The standard InChI is InChI=1S/C26H21N5O2S2/c1-16-10-12-18(13-11-16)30-15-17(14-23(30)32)24-28-29-25(35-24)27-26(33)31-19-6-2-4-8-21(19)34-22-9-5-3-7-20(22)31/h2-13,17H,14-15H2,1H3,(H,27,29,33). The number of fused-ring (bicyclic) bond motifs is 2. The number of aryl methyl sites for hydroxylation is 1. The fourth-order valence-electron chi connectivity index (χ4n) is 4.37. The van der Waals surface area contributed by atoms with Crippen molar-refractivity contribution >= 4 is 57.2 Å². The lowest BCUT2D eigenvalue weighted by molar-refractivity contribution is -0.117. The molecule has 1 saturated heterocycles. The van der Waals surface area contributed by atoms with E-state index >= 15 is 0 Å². The number of rotatable bonds is 3. The molecule has 3 heterocycles. The van der Waals surface area contributed by atoms with E-state index in [1.165, 1.54) is 11.3 Å². The Bertz CT molecular complexity index is 1390. The highest BCUT2D eigenvalue weighted by molar-refractivity contribution is 7.99. The average Bonchev–Trinajstić information content (AvgIpc) is 3.49. The fourth-order valence-corrected chi connectivity index (χ4v) is 6.25. The summed E-state index contributed by atoms with van der Waals surface area (Å²) in [5, 5.41) is 12.6. The third-order valence-corrected chi connectivity index (χ3v) is 8.24. The van der Waals surface area contributed by atoms with Gasteiger partial charge in [0.15, 0.2) is 0 Å². The van der Waals surface area contributed by atoms with Crippen LogP contribution in [0.4, 0.5) is 27.0 Å². The summed E-state index contributed by atoms with van der Waals surface area (Å²) in [4.78, 5) is 31.6. The molecule has 2 aliphatic heterocycles. The highest BCUT2D eigenvalue weighted by Gasteiger charge is 2.34. The minimum absolute atomic E-state index is 0.0557. The second-order valence-corrected chi connectivity index (χ2v) is 10.6. The molecule has 1 atom stereocenters. The molecule has 0 bridgehead atoms. The van der Waals surface area contributed by atoms with Gasteiger partial charge in [0.1, 0.15) is 5.01 Å². The Morgan fingerprint density at radius 2 is 1.60 bits per heavy atom. The van der Waals surface area contributed by atoms with E-state index in [9.17, 15) is 9.59 Å². The minimum atomic E-state index is -0.295. The monoisotopic (exact) mass is 499 g/mol. The Morgan fingerprint density at radius 1 is 0.943 bits per heavy atom. The van der Waals surface area contributed by atoms with E-state index in [2.05, 4.69) is 15.5 Å². The number of nitrogens with zero attached hydrogens (tertiary/aromatic N) is 4. The molecule has 4 aromatic rings. The van der Waals surface area contributed by atoms with Crippen LogP contribution in [0.3, 0.4) is 0 Å². The van der Waals surface area contributed by atoms with Gasteiger partial charge >= 0.3 is 6.03 Å². The van der Waals surface area contributed by atoms with Crippen LogP contribution in [0.5, 0.6) is 0 Å². The summed E-state index contributed by atoms with van der Waals surface area (Å²) in [6, 6.07) is 23.3. The van der Waals surface area contributed by atoms with Gasteiger partial charge in [-0.25, -0.2) is 4.79 Å². The lowest BCUT2D eigenvalue weighted by Gasteiger charge is -2.30. The molecular weight excluding hydrogens is 478 g/mol. The number of anilines is 4. The molecule has 1 fully saturated rings. The van der Waals surface area contributed by atoms with Crippen molar-refractivity contribution in [3.8, 4) is 0 Å². The predicted octanol–water partition coefficient (Wildman–Crippen LogP) is 6.20. The van der Waals surface area contributed by atoms with Crippen LogP contribution in [-0.2, 0) is 4.79 Å². The minimum Gasteiger partial charge on any atom is -0.312 e. The smallest absolute Gasteiger partial charge is 0.312 e. The fraction of sp³-hybridized carbons (Fsp3) is 0.154. The van der Waals surface area contributed by atoms with Crippen molar-refractivity contribution in [2.45, 2.75) is 29.1 Å². The third-order valence-electron chi connectivity index (χ3n) is 6.11. The second-order valence-electron chi connectivity index (χ2n) is 8.49. The molecule has 0 radical (unpaired) electrons. The maximum atomic E-state index is 13.4. The van der Waals surface area contributed by atoms with E-state index < -0.39 is 0 Å². The lowest BCUT2D eigenvalue weighted by atomic mass is 10.1. The molecule has 174 valence electrons. The van der Waals surface area contributed by atoms with E-state index in [-0.39, 0.29) is 17.9 Å². The van der Waals surface area contributed by atoms with Crippen molar-refractivity contribution in [2.75, 3.05) is 21.7 Å². The topological polar surface area (TPSA) is 78.4 Å². The molecule has 7 nitrogen and oxygen atoms in total. The summed E-state index contributed by atoms with van der Waals surface area (Å²) in [5.74, 6) is 0.0125. The molecule has 35 heavy (non-hydrogen) atoms. The van der Waals surface area contributed by atoms with Gasteiger partial charge in [0.25, 0.3) is 0 Å². The Labute approximate surface area is 210 Å². The molecule has 1 aromatic heterocycles. The molecule has 1 N–H and O–H groups in total. The summed E-state index contributed by atoms with van der Waals surface area (Å²) in [7, 11) is 0. The van der Waals surface area contributed by atoms with E-state index in [0.717, 1.165) is 37.4 Å². The average molecular weight is 500 g/mol. The van der Waals surface area contributed by atoms with Crippen molar-refractivity contribution in [3.05, 3.63) is 83.4 Å². The van der Waals surface area contributed by atoms with Gasteiger partial charge in [-0.3, -0.25) is 15.0 Å². The summed E-state index contributed by atoms with van der Waals surface area (Å²) < 4.78 is 0. The highest BCUT2D eigenvalue weighted by Crippen LogP contribution is 2.48. The first-order valence-corrected chi connectivity index (χ1v) is 12.9. The van der Waals surface area contributed by atoms with Crippen LogP contribution in [0.1, 0.15) is 22.9 Å². The van der Waals surface area contributed by atoms with Crippen molar-refractivity contribution in [3.63, 3.8) is 0 Å². The molecule has 0 spiro atoms. The van der Waals surface area contributed by atoms with Crippen molar-refractivity contribution < 1.29 is 9.59 Å². The van der Waals surface area contributed by atoms with Crippen LogP contribution in [-0.4, -0.2) is 28.7 Å². The number of hydrogen-bond acceptors (Lipinski definition) is 6. The predicted molar refractivity (Wildman–Crippen MR) is 139 cm³/mol. The molecular formula is C26H21N5O2S2. The molecule has 2 aliphatic rings. The first kappa shape index (κ1) is 21.8. The van der Waals surface area contributed by atoms with Crippen LogP contribution in [0.25, 0.3) is 0 Å². The third kappa shape index (κ3) is 4.06. The summed E-state index contributed by atoms with van der Waals surface area (Å²) in [6.07, 6.45) is 0.376. The molecule has 1 unspecified atom stereocenters. The maximum absolute atomic E-state index is 13.4. The highest BCUT2D eigenvalue weighted by atomic mass is 32.2. The Morgan fingerprint density at radius 3 is 2.29 bits per heavy atom. The summed E-state index contributed by atoms with van der Waals surface area (Å²) >= 11 is 2.97. The van der Waals surface area contributed by atoms with Crippen molar-refractivity contribution in [1.82, 2.24) is 10.2 Å². The molecule has 0 saturated carbocycles. The Hall–Kier alpha value is -3.69. The van der Waals surface area contributed by atoms with Crippen LogP contribution in [0.15, 0.2) is 82.6 Å². The number of carbonyl (C=O) groups excluding carboxylic acids is 2. The zero-order valence-electron chi connectivity index (χ0n) is 18.8. The number of hydrogen-bond donors (Lipinski definition) is 1. The Kier molecular flexibility index (Phi) is 5.50. The van der Waals surface area contributed by atoms with Crippen LogP contribution < -0.4 is 15.1 Å². The van der Waals surface area contributed by atoms with Crippen LogP contribution in [0.2, 0.25) is 0 Å². The maximum Gasteiger partial charge on any atom is 0.332 e. The second kappa shape index (κ2) is 8.83. The van der Waals surface area contributed by atoms with Gasteiger partial charge in [-0.15, -0.1) is 10.2 Å². The molecule has 0 aliphatic carbocycles. The van der Waals surface area contributed by atoms with E-state index in [1.807, 2.05) is 79.7 Å². The number of aromatic nitrogens is 2. The zero-order chi connectivity index (χ0) is 23.9. The number of nitrogens with one attached hydrogen (secondary N) is 1. The molecule has 3 amide bonds. The first-order valence-electron chi connectivity index (χ1n) is 11.2. The van der Waals surface area contributed by atoms with Crippen molar-refractivity contribution in [2.24, 2.45) is 0 Å². The van der Waals surface area contributed by atoms with E-state index in [1.54, 1.807) is 21.6 Å². The number of amides is 3. The van der Waals surface area contributed by atoms with Gasteiger partial charge in [0, 0.05) is 34.4 Å². The van der Waals surface area contributed by atoms with Gasteiger partial charge in [-0.1, -0.05) is 65.1 Å². The van der Waals surface area contributed by atoms with Crippen LogP contribution in [0, 0.1) is 6.92 Å². The van der Waals surface area contributed by atoms with Gasteiger partial charge in [-0.05, 0) is 43.3 Å². The molecule has 3 aromatic carbocycles. The van der Waals surface area contributed by atoms with Gasteiger partial charge in [0.2, 0.25) is 11.0 Å². The number of urea groups is 1. The summed E-state index contributed by atoms with van der Waals surface area (Å²) in [5.41, 5.74) is 3.70. The van der Waals surface area contributed by atoms with Gasteiger partial charge in [0.05, 0.1) is 11.4 Å². The van der Waals surface area contributed by atoms with E-state index in [0.29, 0.717) is 18.1 Å². The van der Waals surface area contributed by atoms with E-state index in [4.69, 9.17) is 0 Å². The number of benzene rings is 3. The van der Waals surface area contributed by atoms with Gasteiger partial charge < -0.3 is 4.90 Å². The molecule has 9 heteroatoms. The Balaban J connectivity index is 1.21. The SMILES string of the molecule is Cc1ccc(N2CC(c3nnc(NC(=O)N4c5ccccc5Sc5ccccc54)s3)CC2=O)cc1. The largest absolute Gasteiger partial charge is 0.332 e. The van der Waals surface area contributed by atoms with Gasteiger partial charge in [-0.2, -0.15) is 0 Å². The lowest BCUT2D eigenvalue weighted by Crippen LogP contribution is -2.32. The van der Waals surface area contributed by atoms with Crippen LogP contribution >= 0.6 is 23.1 Å². The number of para-hydroxylation sites is 2. The van der Waals surface area contributed by atoms with Crippen molar-refractivity contribution in [1.29, 1.82) is 0 Å².